The Morgan fingerprint density at radius 2 is 1.91 bits per heavy atom. The molecule has 6 heteroatoms. The number of halogens is 1. The van der Waals surface area contributed by atoms with Crippen LogP contribution in [0.2, 0.25) is 0 Å². The molecule has 2 unspecified atom stereocenters. The van der Waals surface area contributed by atoms with Crippen LogP contribution in [-0.4, -0.2) is 35.4 Å². The molecule has 0 aromatic heterocycles. The fourth-order valence-corrected chi connectivity index (χ4v) is 2.30. The molecular weight excluding hydrogens is 287 g/mol. The maximum absolute atomic E-state index is 13.5. The molecule has 0 saturated carbocycles. The molecule has 0 heterocycles. The van der Waals surface area contributed by atoms with Crippen LogP contribution in [0.1, 0.15) is 38.9 Å². The van der Waals surface area contributed by atoms with Crippen LogP contribution in [-0.2, 0) is 0 Å². The molecule has 0 saturated heterocycles. The first-order valence-corrected chi connectivity index (χ1v) is 7.33. The van der Waals surface area contributed by atoms with E-state index in [0.29, 0.717) is 13.0 Å². The molecule has 0 aliphatic carbocycles. The van der Waals surface area contributed by atoms with Gasteiger partial charge in [0.05, 0.1) is 12.2 Å². The number of hydrogen-bond donors (Lipinski definition) is 4. The molecule has 22 heavy (non-hydrogen) atoms. The zero-order valence-corrected chi connectivity index (χ0v) is 13.3. The molecule has 0 spiro atoms. The normalized spacial score (nSPS) is 14.3. The summed E-state index contributed by atoms with van der Waals surface area (Å²) in [7, 11) is 0. The molecule has 1 aromatic rings. The summed E-state index contributed by atoms with van der Waals surface area (Å²) < 4.78 is 13.5. The Morgan fingerprint density at radius 1 is 1.27 bits per heavy atom. The molecular formula is C16H25FN2O3. The van der Waals surface area contributed by atoms with Gasteiger partial charge in [0.25, 0.3) is 0 Å². The van der Waals surface area contributed by atoms with Crippen LogP contribution in [0.5, 0.6) is 0 Å². The van der Waals surface area contributed by atoms with Crippen LogP contribution in [0, 0.1) is 11.2 Å². The first-order chi connectivity index (χ1) is 10.2. The van der Waals surface area contributed by atoms with Gasteiger partial charge in [-0.25, -0.2) is 9.18 Å². The minimum Gasteiger partial charge on any atom is -0.393 e. The number of amides is 2. The number of carbonyl (C=O) groups is 1. The molecule has 0 fully saturated rings. The maximum atomic E-state index is 13.5. The van der Waals surface area contributed by atoms with Crippen LogP contribution in [0.3, 0.4) is 0 Å². The SMILES string of the molecule is CC(O)CC(C)(C)CNC(=O)NCC(O)c1ccccc1F. The van der Waals surface area contributed by atoms with E-state index in [4.69, 9.17) is 0 Å². The smallest absolute Gasteiger partial charge is 0.314 e. The van der Waals surface area contributed by atoms with Gasteiger partial charge in [-0.15, -0.1) is 0 Å². The van der Waals surface area contributed by atoms with Crippen molar-refractivity contribution in [2.75, 3.05) is 13.1 Å². The highest BCUT2D eigenvalue weighted by molar-refractivity contribution is 5.73. The third kappa shape index (κ3) is 6.41. The monoisotopic (exact) mass is 312 g/mol. The Morgan fingerprint density at radius 3 is 2.50 bits per heavy atom. The molecule has 1 rings (SSSR count). The van der Waals surface area contributed by atoms with Gasteiger partial charge in [0.2, 0.25) is 0 Å². The van der Waals surface area contributed by atoms with Crippen LogP contribution < -0.4 is 10.6 Å². The van der Waals surface area contributed by atoms with Gasteiger partial charge in [0.1, 0.15) is 5.82 Å². The third-order valence-electron chi connectivity index (χ3n) is 3.30. The van der Waals surface area contributed by atoms with Gasteiger partial charge in [-0.2, -0.15) is 0 Å². The van der Waals surface area contributed by atoms with E-state index in [1.54, 1.807) is 13.0 Å². The number of nitrogens with one attached hydrogen (secondary N) is 2. The van der Waals surface area contributed by atoms with E-state index in [9.17, 15) is 19.4 Å². The van der Waals surface area contributed by atoms with Crippen molar-refractivity contribution < 1.29 is 19.4 Å². The maximum Gasteiger partial charge on any atom is 0.314 e. The van der Waals surface area contributed by atoms with Crippen LogP contribution in [0.25, 0.3) is 0 Å². The van der Waals surface area contributed by atoms with Crippen molar-refractivity contribution in [3.63, 3.8) is 0 Å². The molecule has 0 aliphatic heterocycles. The number of carbonyl (C=O) groups excluding carboxylic acids is 1. The fraction of sp³-hybridized carbons (Fsp3) is 0.562. The van der Waals surface area contributed by atoms with Crippen LogP contribution in [0.15, 0.2) is 24.3 Å². The Bertz CT molecular complexity index is 492. The first kappa shape index (κ1) is 18.4. The van der Waals surface area contributed by atoms with Gasteiger partial charge in [-0.3, -0.25) is 0 Å². The summed E-state index contributed by atoms with van der Waals surface area (Å²) in [5.74, 6) is -0.504. The van der Waals surface area contributed by atoms with Crippen LogP contribution in [0.4, 0.5) is 9.18 Å². The Balaban J connectivity index is 2.39. The number of benzene rings is 1. The van der Waals surface area contributed by atoms with E-state index in [-0.39, 0.29) is 17.5 Å². The van der Waals surface area contributed by atoms with Gasteiger partial charge in [0, 0.05) is 18.7 Å². The molecule has 1 aromatic carbocycles. The Kier molecular flexibility index (Phi) is 6.77. The lowest BCUT2D eigenvalue weighted by Crippen LogP contribution is -2.42. The van der Waals surface area contributed by atoms with Crippen molar-refractivity contribution in [1.29, 1.82) is 0 Å². The van der Waals surface area contributed by atoms with Crippen LogP contribution >= 0.6 is 0 Å². The summed E-state index contributed by atoms with van der Waals surface area (Å²) in [6.45, 7) is 5.89. The van der Waals surface area contributed by atoms with Crippen molar-refractivity contribution in [2.24, 2.45) is 5.41 Å². The Hall–Kier alpha value is -1.66. The predicted molar refractivity (Wildman–Crippen MR) is 82.8 cm³/mol. The number of aliphatic hydroxyl groups is 2. The molecule has 4 N–H and O–H groups in total. The average molecular weight is 312 g/mol. The quantitative estimate of drug-likeness (QED) is 0.621. The van der Waals surface area contributed by atoms with Gasteiger partial charge in [-0.05, 0) is 24.8 Å². The predicted octanol–water partition coefficient (Wildman–Crippen LogP) is 1.96. The van der Waals surface area contributed by atoms with E-state index in [1.165, 1.54) is 18.2 Å². The summed E-state index contributed by atoms with van der Waals surface area (Å²) in [5, 5.41) is 24.5. The second kappa shape index (κ2) is 8.10. The largest absolute Gasteiger partial charge is 0.393 e. The molecule has 0 aliphatic rings. The van der Waals surface area contributed by atoms with Crippen molar-refractivity contribution in [3.05, 3.63) is 35.6 Å². The first-order valence-electron chi connectivity index (χ1n) is 7.33. The highest BCUT2D eigenvalue weighted by atomic mass is 19.1. The zero-order valence-electron chi connectivity index (χ0n) is 13.3. The van der Waals surface area contributed by atoms with Gasteiger partial charge in [-0.1, -0.05) is 32.0 Å². The third-order valence-corrected chi connectivity index (χ3v) is 3.30. The van der Waals surface area contributed by atoms with E-state index < -0.39 is 24.1 Å². The molecule has 124 valence electrons. The number of hydrogen-bond acceptors (Lipinski definition) is 3. The molecule has 0 radical (unpaired) electrons. The highest BCUT2D eigenvalue weighted by Gasteiger charge is 2.21. The summed E-state index contributed by atoms with van der Waals surface area (Å²) in [6.07, 6.45) is -0.981. The number of urea groups is 1. The minimum absolute atomic E-state index is 0.0798. The highest BCUT2D eigenvalue weighted by Crippen LogP contribution is 2.21. The summed E-state index contributed by atoms with van der Waals surface area (Å²) in [6, 6.07) is 5.47. The lowest BCUT2D eigenvalue weighted by molar-refractivity contribution is 0.128. The molecule has 5 nitrogen and oxygen atoms in total. The van der Waals surface area contributed by atoms with E-state index in [0.717, 1.165) is 0 Å². The van der Waals surface area contributed by atoms with Gasteiger partial charge < -0.3 is 20.8 Å². The lowest BCUT2D eigenvalue weighted by Gasteiger charge is -2.26. The topological polar surface area (TPSA) is 81.6 Å². The van der Waals surface area contributed by atoms with Gasteiger partial charge in [0.15, 0.2) is 0 Å². The fourth-order valence-electron chi connectivity index (χ4n) is 2.30. The van der Waals surface area contributed by atoms with E-state index >= 15 is 0 Å². The van der Waals surface area contributed by atoms with E-state index in [2.05, 4.69) is 10.6 Å². The standard InChI is InChI=1S/C16H25FN2O3/c1-11(20)8-16(2,3)10-19-15(22)18-9-14(21)12-6-4-5-7-13(12)17/h4-7,11,14,20-21H,8-10H2,1-3H3,(H2,18,19,22). The summed E-state index contributed by atoms with van der Waals surface area (Å²) >= 11 is 0. The summed E-state index contributed by atoms with van der Waals surface area (Å²) in [4.78, 5) is 11.7. The lowest BCUT2D eigenvalue weighted by atomic mass is 9.87. The summed E-state index contributed by atoms with van der Waals surface area (Å²) in [5.41, 5.74) is -0.0902. The molecule has 2 atom stereocenters. The van der Waals surface area contributed by atoms with Crippen molar-refractivity contribution in [2.45, 2.75) is 39.4 Å². The zero-order chi connectivity index (χ0) is 16.8. The second-order valence-electron chi connectivity index (χ2n) is 6.32. The number of aliphatic hydroxyl groups excluding tert-OH is 2. The van der Waals surface area contributed by atoms with Crippen molar-refractivity contribution in [1.82, 2.24) is 10.6 Å². The van der Waals surface area contributed by atoms with Gasteiger partial charge >= 0.3 is 6.03 Å². The second-order valence-corrected chi connectivity index (χ2v) is 6.32. The minimum atomic E-state index is -1.10. The van der Waals surface area contributed by atoms with E-state index in [1.807, 2.05) is 13.8 Å². The average Bonchev–Trinajstić information content (AvgIpc) is 2.42. The molecule has 0 bridgehead atoms. The number of rotatable bonds is 7. The van der Waals surface area contributed by atoms with Crippen molar-refractivity contribution in [3.8, 4) is 0 Å². The van der Waals surface area contributed by atoms with Crippen molar-refractivity contribution >= 4 is 6.03 Å². The Labute approximate surface area is 130 Å². The molecule has 2 amide bonds.